The maximum absolute atomic E-state index is 4.31. The molecule has 0 aliphatic heterocycles. The molecule has 0 radical (unpaired) electrons. The summed E-state index contributed by atoms with van der Waals surface area (Å²) >= 11 is 3.39. The minimum absolute atomic E-state index is 0.924. The van der Waals surface area contributed by atoms with Gasteiger partial charge >= 0.3 is 0 Å². The van der Waals surface area contributed by atoms with Crippen LogP contribution in [-0.4, -0.2) is 11.5 Å². The van der Waals surface area contributed by atoms with Crippen LogP contribution in [0.4, 0.5) is 5.82 Å². The molecule has 1 N–H and O–H groups in total. The van der Waals surface area contributed by atoms with Gasteiger partial charge in [-0.05, 0) is 70.4 Å². The number of aromatic nitrogens is 1. The Kier molecular flexibility index (Phi) is 3.83. The summed E-state index contributed by atoms with van der Waals surface area (Å²) in [6.07, 6.45) is 6.70. The van der Waals surface area contributed by atoms with Gasteiger partial charge in [0.1, 0.15) is 5.82 Å². The first-order chi connectivity index (χ1) is 9.31. The van der Waals surface area contributed by atoms with Gasteiger partial charge in [-0.15, -0.1) is 0 Å². The third kappa shape index (κ3) is 3.16. The van der Waals surface area contributed by atoms with Crippen LogP contribution in [0, 0.1) is 0 Å². The number of nitrogens with one attached hydrogen (secondary N) is 1. The number of nitrogens with zero attached hydrogens (tertiary/aromatic N) is 1. The molecule has 1 aromatic heterocycles. The second-order valence-electron chi connectivity index (χ2n) is 5.00. The van der Waals surface area contributed by atoms with Gasteiger partial charge in [0, 0.05) is 17.2 Å². The Hall–Kier alpha value is -1.35. The summed E-state index contributed by atoms with van der Waals surface area (Å²) in [7, 11) is 0. The first-order valence-electron chi connectivity index (χ1n) is 6.77. The molecule has 0 bridgehead atoms. The van der Waals surface area contributed by atoms with E-state index in [1.807, 2.05) is 18.3 Å². The minimum Gasteiger partial charge on any atom is -0.370 e. The smallest absolute Gasteiger partial charge is 0.125 e. The van der Waals surface area contributed by atoms with Gasteiger partial charge in [-0.2, -0.15) is 0 Å². The highest BCUT2D eigenvalue weighted by atomic mass is 79.9. The molecule has 0 unspecified atom stereocenters. The first-order valence-corrected chi connectivity index (χ1v) is 7.57. The van der Waals surface area contributed by atoms with Crippen LogP contribution in [0.25, 0.3) is 0 Å². The van der Waals surface area contributed by atoms with Crippen LogP contribution in [-0.2, 0) is 19.3 Å². The second kappa shape index (κ2) is 5.74. The predicted molar refractivity (Wildman–Crippen MR) is 82.6 cm³/mol. The molecule has 0 amide bonds. The van der Waals surface area contributed by atoms with E-state index >= 15 is 0 Å². The highest BCUT2D eigenvalue weighted by molar-refractivity contribution is 9.10. The van der Waals surface area contributed by atoms with Crippen molar-refractivity contribution in [3.63, 3.8) is 0 Å². The van der Waals surface area contributed by atoms with E-state index in [4.69, 9.17) is 0 Å². The van der Waals surface area contributed by atoms with Crippen LogP contribution in [0.2, 0.25) is 0 Å². The molecule has 1 aliphatic carbocycles. The molecular weight excluding hydrogens is 300 g/mol. The summed E-state index contributed by atoms with van der Waals surface area (Å²) in [6, 6.07) is 10.9. The second-order valence-corrected chi connectivity index (χ2v) is 5.91. The highest BCUT2D eigenvalue weighted by Gasteiger charge is 2.10. The van der Waals surface area contributed by atoms with E-state index < -0.39 is 0 Å². The van der Waals surface area contributed by atoms with Crippen molar-refractivity contribution in [1.29, 1.82) is 0 Å². The summed E-state index contributed by atoms with van der Waals surface area (Å²) in [5.74, 6) is 0.935. The molecule has 3 heteroatoms. The molecular formula is C16H17BrN2. The van der Waals surface area contributed by atoms with Crippen molar-refractivity contribution >= 4 is 21.7 Å². The fourth-order valence-corrected chi connectivity index (χ4v) is 2.83. The molecule has 1 aliphatic rings. The Morgan fingerprint density at radius 1 is 1.11 bits per heavy atom. The van der Waals surface area contributed by atoms with Gasteiger partial charge in [-0.3, -0.25) is 0 Å². The van der Waals surface area contributed by atoms with E-state index in [1.165, 1.54) is 24.8 Å². The van der Waals surface area contributed by atoms with Crippen molar-refractivity contribution in [2.75, 3.05) is 11.9 Å². The van der Waals surface area contributed by atoms with Gasteiger partial charge in [-0.25, -0.2) is 4.98 Å². The van der Waals surface area contributed by atoms with Gasteiger partial charge in [-0.1, -0.05) is 18.2 Å². The quantitative estimate of drug-likeness (QED) is 0.922. The van der Waals surface area contributed by atoms with E-state index in [2.05, 4.69) is 44.4 Å². The summed E-state index contributed by atoms with van der Waals surface area (Å²) < 4.78 is 1.01. The average Bonchev–Trinajstić information content (AvgIpc) is 2.88. The molecule has 0 atom stereocenters. The zero-order valence-electron chi connectivity index (χ0n) is 10.8. The third-order valence-electron chi connectivity index (χ3n) is 3.61. The molecule has 3 rings (SSSR count). The summed E-state index contributed by atoms with van der Waals surface area (Å²) in [5, 5.41) is 3.36. The zero-order valence-corrected chi connectivity index (χ0v) is 12.4. The summed E-state index contributed by atoms with van der Waals surface area (Å²) in [5.41, 5.74) is 4.52. The Morgan fingerprint density at radius 3 is 2.84 bits per heavy atom. The number of hydrogen-bond acceptors (Lipinski definition) is 2. The molecule has 0 fully saturated rings. The molecule has 2 aromatic rings. The third-order valence-corrected chi connectivity index (χ3v) is 4.08. The summed E-state index contributed by atoms with van der Waals surface area (Å²) in [6.45, 7) is 0.924. The number of benzene rings is 1. The fraction of sp³-hybridized carbons (Fsp3) is 0.312. The molecule has 19 heavy (non-hydrogen) atoms. The van der Waals surface area contributed by atoms with E-state index in [0.717, 1.165) is 23.3 Å². The molecule has 98 valence electrons. The summed E-state index contributed by atoms with van der Waals surface area (Å²) in [4.78, 5) is 4.31. The van der Waals surface area contributed by atoms with Gasteiger partial charge < -0.3 is 5.32 Å². The van der Waals surface area contributed by atoms with Gasteiger partial charge in [0.25, 0.3) is 0 Å². The van der Waals surface area contributed by atoms with Crippen LogP contribution in [0.15, 0.2) is 41.0 Å². The highest BCUT2D eigenvalue weighted by Crippen LogP contribution is 2.23. The van der Waals surface area contributed by atoms with Crippen molar-refractivity contribution in [3.8, 4) is 0 Å². The molecule has 2 nitrogen and oxygen atoms in total. The molecule has 0 saturated heterocycles. The Balaban J connectivity index is 1.56. The van der Waals surface area contributed by atoms with Crippen molar-refractivity contribution in [2.24, 2.45) is 0 Å². The van der Waals surface area contributed by atoms with Crippen LogP contribution < -0.4 is 5.32 Å². The van der Waals surface area contributed by atoms with E-state index in [0.29, 0.717) is 0 Å². The van der Waals surface area contributed by atoms with E-state index in [1.54, 1.807) is 11.1 Å². The lowest BCUT2D eigenvalue weighted by Gasteiger charge is -2.07. The topological polar surface area (TPSA) is 24.9 Å². The number of anilines is 1. The Labute approximate surface area is 122 Å². The van der Waals surface area contributed by atoms with Gasteiger partial charge in [0.05, 0.1) is 0 Å². The SMILES string of the molecule is Brc1ccc(NCCc2ccc3c(c2)CCC3)nc1. The van der Waals surface area contributed by atoms with Gasteiger partial charge in [0.15, 0.2) is 0 Å². The molecule has 1 aromatic carbocycles. The average molecular weight is 317 g/mol. The number of fused-ring (bicyclic) bond motifs is 1. The van der Waals surface area contributed by atoms with Crippen LogP contribution in [0.1, 0.15) is 23.1 Å². The monoisotopic (exact) mass is 316 g/mol. The fourth-order valence-electron chi connectivity index (χ4n) is 2.60. The van der Waals surface area contributed by atoms with Crippen LogP contribution >= 0.6 is 15.9 Å². The molecule has 0 spiro atoms. The normalized spacial score (nSPS) is 13.3. The largest absolute Gasteiger partial charge is 0.370 e. The maximum Gasteiger partial charge on any atom is 0.125 e. The molecule has 0 saturated carbocycles. The lowest BCUT2D eigenvalue weighted by atomic mass is 10.0. The van der Waals surface area contributed by atoms with Crippen molar-refractivity contribution in [2.45, 2.75) is 25.7 Å². The first kappa shape index (κ1) is 12.7. The zero-order chi connectivity index (χ0) is 13.1. The standard InChI is InChI=1S/C16H17BrN2/c17-15-6-7-16(19-11-15)18-9-8-12-4-5-13-2-1-3-14(13)10-12/h4-7,10-11H,1-3,8-9H2,(H,18,19). The number of rotatable bonds is 4. The number of halogens is 1. The Bertz CT molecular complexity index is 563. The maximum atomic E-state index is 4.31. The predicted octanol–water partition coefficient (Wildman–Crippen LogP) is 3.99. The Morgan fingerprint density at radius 2 is 2.00 bits per heavy atom. The van der Waals surface area contributed by atoms with Crippen molar-refractivity contribution < 1.29 is 0 Å². The van der Waals surface area contributed by atoms with Crippen LogP contribution in [0.3, 0.4) is 0 Å². The van der Waals surface area contributed by atoms with Crippen molar-refractivity contribution in [3.05, 3.63) is 57.7 Å². The van der Waals surface area contributed by atoms with Crippen molar-refractivity contribution in [1.82, 2.24) is 4.98 Å². The minimum atomic E-state index is 0.924. The van der Waals surface area contributed by atoms with Crippen LogP contribution in [0.5, 0.6) is 0 Å². The number of aryl methyl sites for hydroxylation is 2. The van der Waals surface area contributed by atoms with Gasteiger partial charge in [0.2, 0.25) is 0 Å². The lowest BCUT2D eigenvalue weighted by Crippen LogP contribution is -2.06. The number of pyridine rings is 1. The molecule has 1 heterocycles. The lowest BCUT2D eigenvalue weighted by molar-refractivity contribution is 0.911. The van der Waals surface area contributed by atoms with E-state index in [9.17, 15) is 0 Å². The number of hydrogen-bond donors (Lipinski definition) is 1. The van der Waals surface area contributed by atoms with E-state index in [-0.39, 0.29) is 0 Å².